The van der Waals surface area contributed by atoms with Gasteiger partial charge in [-0.3, -0.25) is 0 Å². The summed E-state index contributed by atoms with van der Waals surface area (Å²) in [5.74, 6) is 1.95. The van der Waals surface area contributed by atoms with Gasteiger partial charge in [0.1, 0.15) is 5.82 Å². The van der Waals surface area contributed by atoms with Crippen LogP contribution >= 0.6 is 0 Å². The third-order valence-electron chi connectivity index (χ3n) is 3.10. The van der Waals surface area contributed by atoms with Gasteiger partial charge in [0.2, 0.25) is 0 Å². The Hall–Kier alpha value is -0.830. The number of hydrogen-bond donors (Lipinski definition) is 1. The smallest absolute Gasteiger partial charge is 0.106 e. The molecule has 1 unspecified atom stereocenters. The van der Waals surface area contributed by atoms with Crippen molar-refractivity contribution in [2.24, 2.45) is 11.7 Å². The highest BCUT2D eigenvalue weighted by atomic mass is 15.1. The van der Waals surface area contributed by atoms with Crippen molar-refractivity contribution in [2.45, 2.75) is 39.7 Å². The highest BCUT2D eigenvalue weighted by Crippen LogP contribution is 2.24. The second-order valence-electron chi connectivity index (χ2n) is 4.35. The van der Waals surface area contributed by atoms with E-state index in [0.717, 1.165) is 24.7 Å². The number of hydrogen-bond acceptors (Lipinski definition) is 2. The van der Waals surface area contributed by atoms with Crippen LogP contribution in [0.5, 0.6) is 0 Å². The summed E-state index contributed by atoms with van der Waals surface area (Å²) in [4.78, 5) is 4.60. The molecule has 1 aliphatic heterocycles. The van der Waals surface area contributed by atoms with Gasteiger partial charge in [0.25, 0.3) is 0 Å². The van der Waals surface area contributed by atoms with Crippen molar-refractivity contribution in [3.63, 3.8) is 0 Å². The zero-order valence-electron chi connectivity index (χ0n) is 9.08. The van der Waals surface area contributed by atoms with Crippen LogP contribution < -0.4 is 5.73 Å². The summed E-state index contributed by atoms with van der Waals surface area (Å²) < 4.78 is 2.37. The molecule has 3 heteroatoms. The first kappa shape index (κ1) is 9.71. The third-order valence-corrected chi connectivity index (χ3v) is 3.10. The van der Waals surface area contributed by atoms with Crippen molar-refractivity contribution in [1.29, 1.82) is 0 Å². The maximum Gasteiger partial charge on any atom is 0.106 e. The summed E-state index contributed by atoms with van der Waals surface area (Å²) in [5, 5.41) is 0. The van der Waals surface area contributed by atoms with Crippen LogP contribution in [0.15, 0.2) is 0 Å². The number of imidazole rings is 1. The van der Waals surface area contributed by atoms with Gasteiger partial charge in [-0.1, -0.05) is 6.92 Å². The lowest BCUT2D eigenvalue weighted by Crippen LogP contribution is -2.19. The first-order valence-corrected chi connectivity index (χ1v) is 5.47. The van der Waals surface area contributed by atoms with Gasteiger partial charge in [-0.05, 0) is 32.2 Å². The van der Waals surface area contributed by atoms with Crippen LogP contribution in [0.25, 0.3) is 0 Å². The predicted octanol–water partition coefficient (Wildman–Crippen LogP) is 1.28. The van der Waals surface area contributed by atoms with E-state index in [-0.39, 0.29) is 0 Å². The lowest BCUT2D eigenvalue weighted by atomic mass is 9.98. The number of aryl methyl sites for hydroxylation is 1. The highest BCUT2D eigenvalue weighted by molar-refractivity contribution is 5.19. The minimum atomic E-state index is 0.707. The molecule has 0 fully saturated rings. The SMILES string of the molecule is Cc1nc(CCN)c2n1CC(C)CC2. The van der Waals surface area contributed by atoms with Crippen molar-refractivity contribution < 1.29 is 0 Å². The first-order chi connectivity index (χ1) is 6.72. The van der Waals surface area contributed by atoms with Gasteiger partial charge in [-0.25, -0.2) is 4.98 Å². The summed E-state index contributed by atoms with van der Waals surface area (Å²) >= 11 is 0. The van der Waals surface area contributed by atoms with E-state index in [1.165, 1.54) is 24.2 Å². The first-order valence-electron chi connectivity index (χ1n) is 5.47. The Labute approximate surface area is 85.3 Å². The maximum atomic E-state index is 5.58. The van der Waals surface area contributed by atoms with E-state index in [4.69, 9.17) is 5.73 Å². The summed E-state index contributed by atoms with van der Waals surface area (Å²) in [6.45, 7) is 6.25. The Morgan fingerprint density at radius 2 is 2.36 bits per heavy atom. The molecule has 78 valence electrons. The van der Waals surface area contributed by atoms with Crippen molar-refractivity contribution in [1.82, 2.24) is 9.55 Å². The lowest BCUT2D eigenvalue weighted by Gasteiger charge is -2.22. The molecule has 0 saturated heterocycles. The fourth-order valence-corrected chi connectivity index (χ4v) is 2.32. The molecule has 0 amide bonds. The average molecular weight is 193 g/mol. The molecule has 0 spiro atoms. The Morgan fingerprint density at radius 1 is 1.57 bits per heavy atom. The van der Waals surface area contributed by atoms with Crippen LogP contribution in [0.2, 0.25) is 0 Å². The molecule has 0 bridgehead atoms. The van der Waals surface area contributed by atoms with E-state index in [9.17, 15) is 0 Å². The number of nitrogens with zero attached hydrogens (tertiary/aromatic N) is 2. The molecular formula is C11H19N3. The molecule has 3 nitrogen and oxygen atoms in total. The number of nitrogens with two attached hydrogens (primary N) is 1. The summed E-state index contributed by atoms with van der Waals surface area (Å²) in [5.41, 5.74) is 8.25. The number of rotatable bonds is 2. The summed E-state index contributed by atoms with van der Waals surface area (Å²) in [6, 6.07) is 0. The van der Waals surface area contributed by atoms with Crippen LogP contribution in [0.1, 0.15) is 30.6 Å². The quantitative estimate of drug-likeness (QED) is 0.769. The van der Waals surface area contributed by atoms with E-state index < -0.39 is 0 Å². The lowest BCUT2D eigenvalue weighted by molar-refractivity contribution is 0.393. The van der Waals surface area contributed by atoms with Gasteiger partial charge in [0, 0.05) is 18.7 Å². The molecule has 2 rings (SSSR count). The fourth-order valence-electron chi connectivity index (χ4n) is 2.32. The van der Waals surface area contributed by atoms with Gasteiger partial charge in [-0.2, -0.15) is 0 Å². The minimum Gasteiger partial charge on any atom is -0.332 e. The molecule has 1 aliphatic rings. The topological polar surface area (TPSA) is 43.8 Å². The molecular weight excluding hydrogens is 174 g/mol. The average Bonchev–Trinajstić information content (AvgIpc) is 2.44. The van der Waals surface area contributed by atoms with Crippen molar-refractivity contribution in [2.75, 3.05) is 6.54 Å². The van der Waals surface area contributed by atoms with Gasteiger partial charge in [0.15, 0.2) is 0 Å². The summed E-state index contributed by atoms with van der Waals surface area (Å²) in [6.07, 6.45) is 3.40. The highest BCUT2D eigenvalue weighted by Gasteiger charge is 2.20. The number of aromatic nitrogens is 2. The molecule has 0 aliphatic carbocycles. The Balaban J connectivity index is 2.33. The van der Waals surface area contributed by atoms with E-state index in [2.05, 4.69) is 23.4 Å². The van der Waals surface area contributed by atoms with E-state index in [0.29, 0.717) is 6.54 Å². The molecule has 1 aromatic heterocycles. The zero-order valence-corrected chi connectivity index (χ0v) is 9.08. The largest absolute Gasteiger partial charge is 0.332 e. The monoisotopic (exact) mass is 193 g/mol. The minimum absolute atomic E-state index is 0.707. The van der Waals surface area contributed by atoms with Gasteiger partial charge >= 0.3 is 0 Å². The predicted molar refractivity (Wildman–Crippen MR) is 57.2 cm³/mol. The van der Waals surface area contributed by atoms with Gasteiger partial charge in [0.05, 0.1) is 5.69 Å². The standard InChI is InChI=1S/C11H19N3/c1-8-3-4-11-10(5-6-12)13-9(2)14(11)7-8/h8H,3-7,12H2,1-2H3. The van der Waals surface area contributed by atoms with Crippen molar-refractivity contribution >= 4 is 0 Å². The van der Waals surface area contributed by atoms with Crippen molar-refractivity contribution in [3.8, 4) is 0 Å². The second kappa shape index (κ2) is 3.73. The molecule has 0 aromatic carbocycles. The molecule has 1 aromatic rings. The zero-order chi connectivity index (χ0) is 10.1. The molecule has 0 saturated carbocycles. The third kappa shape index (κ3) is 1.57. The van der Waals surface area contributed by atoms with Crippen LogP contribution in [-0.2, 0) is 19.4 Å². The van der Waals surface area contributed by atoms with Gasteiger partial charge in [-0.15, -0.1) is 0 Å². The van der Waals surface area contributed by atoms with E-state index in [1.54, 1.807) is 0 Å². The maximum absolute atomic E-state index is 5.58. The van der Waals surface area contributed by atoms with Crippen LogP contribution in [0, 0.1) is 12.8 Å². The Bertz CT molecular complexity index is 328. The molecule has 0 radical (unpaired) electrons. The summed E-state index contributed by atoms with van der Waals surface area (Å²) in [7, 11) is 0. The molecule has 2 heterocycles. The van der Waals surface area contributed by atoms with Crippen LogP contribution in [0.3, 0.4) is 0 Å². The van der Waals surface area contributed by atoms with E-state index >= 15 is 0 Å². The second-order valence-corrected chi connectivity index (χ2v) is 4.35. The Kier molecular flexibility index (Phi) is 2.59. The number of fused-ring (bicyclic) bond motifs is 1. The van der Waals surface area contributed by atoms with E-state index in [1.807, 2.05) is 0 Å². The Morgan fingerprint density at radius 3 is 3.07 bits per heavy atom. The molecule has 1 atom stereocenters. The van der Waals surface area contributed by atoms with Gasteiger partial charge < -0.3 is 10.3 Å². The molecule has 14 heavy (non-hydrogen) atoms. The van der Waals surface area contributed by atoms with Crippen molar-refractivity contribution in [3.05, 3.63) is 17.2 Å². The normalized spacial score (nSPS) is 20.9. The fraction of sp³-hybridized carbons (Fsp3) is 0.727. The molecule has 2 N–H and O–H groups in total. The van der Waals surface area contributed by atoms with Crippen LogP contribution in [-0.4, -0.2) is 16.1 Å². The van der Waals surface area contributed by atoms with Crippen LogP contribution in [0.4, 0.5) is 0 Å².